The minimum atomic E-state index is -4.71. The van der Waals surface area contributed by atoms with E-state index in [1.165, 1.54) is 18.3 Å². The molecule has 0 amide bonds. The van der Waals surface area contributed by atoms with E-state index in [-0.39, 0.29) is 5.75 Å². The minimum absolute atomic E-state index is 0.290. The quantitative estimate of drug-likeness (QED) is 0.929. The number of rotatable bonds is 3. The topological polar surface area (TPSA) is 57.4 Å². The van der Waals surface area contributed by atoms with E-state index < -0.39 is 6.36 Å². The van der Waals surface area contributed by atoms with Crippen molar-refractivity contribution in [1.82, 2.24) is 4.98 Å². The van der Waals surface area contributed by atoms with Gasteiger partial charge in [0.25, 0.3) is 0 Å². The van der Waals surface area contributed by atoms with Gasteiger partial charge in [-0.2, -0.15) is 0 Å². The third kappa shape index (κ3) is 4.06. The summed E-state index contributed by atoms with van der Waals surface area (Å²) in [7, 11) is 0. The van der Waals surface area contributed by atoms with E-state index in [2.05, 4.69) is 9.72 Å². The largest absolute Gasteiger partial charge is 0.573 e. The third-order valence-electron chi connectivity index (χ3n) is 2.04. The van der Waals surface area contributed by atoms with Gasteiger partial charge < -0.3 is 15.2 Å². The highest BCUT2D eigenvalue weighted by molar-refractivity contribution is 5.38. The maximum atomic E-state index is 12.0. The van der Waals surface area contributed by atoms with Crippen LogP contribution in [0.3, 0.4) is 0 Å². The smallest absolute Gasteiger partial charge is 0.439 e. The van der Waals surface area contributed by atoms with E-state index in [1.807, 2.05) is 0 Å². The first kappa shape index (κ1) is 13.0. The van der Waals surface area contributed by atoms with Gasteiger partial charge in [0.2, 0.25) is 5.88 Å². The second-order valence-corrected chi connectivity index (χ2v) is 3.55. The molecule has 0 saturated carbocycles. The summed E-state index contributed by atoms with van der Waals surface area (Å²) in [4.78, 5) is 3.90. The molecular weight excluding hydrogens is 261 g/mol. The molecule has 0 fully saturated rings. The number of benzene rings is 1. The number of nitrogen functional groups attached to an aromatic ring is 1. The molecule has 0 saturated heterocycles. The first-order valence-corrected chi connectivity index (χ1v) is 5.17. The standard InChI is InChI=1S/C12H9F3N2O2/c13-12(14,15)19-10-4-2-9(3-5-10)18-11-6-1-8(16)7-17-11/h1-7H,16H2. The van der Waals surface area contributed by atoms with Gasteiger partial charge in [-0.1, -0.05) is 0 Å². The Labute approximate surface area is 106 Å². The van der Waals surface area contributed by atoms with E-state index in [1.54, 1.807) is 12.1 Å². The average molecular weight is 270 g/mol. The third-order valence-corrected chi connectivity index (χ3v) is 2.04. The molecule has 100 valence electrons. The highest BCUT2D eigenvalue weighted by Gasteiger charge is 2.30. The average Bonchev–Trinajstić information content (AvgIpc) is 2.33. The van der Waals surface area contributed by atoms with Crippen LogP contribution in [0.25, 0.3) is 0 Å². The van der Waals surface area contributed by atoms with Crippen LogP contribution in [0.4, 0.5) is 18.9 Å². The number of pyridine rings is 1. The van der Waals surface area contributed by atoms with Crippen LogP contribution in [0.5, 0.6) is 17.4 Å². The van der Waals surface area contributed by atoms with Gasteiger partial charge in [-0.25, -0.2) is 4.98 Å². The SMILES string of the molecule is Nc1ccc(Oc2ccc(OC(F)(F)F)cc2)nc1. The normalized spacial score (nSPS) is 11.1. The summed E-state index contributed by atoms with van der Waals surface area (Å²) in [6.45, 7) is 0. The molecule has 0 aliphatic rings. The van der Waals surface area contributed by atoms with E-state index in [9.17, 15) is 13.2 Å². The van der Waals surface area contributed by atoms with Crippen LogP contribution in [-0.2, 0) is 0 Å². The maximum absolute atomic E-state index is 12.0. The second kappa shape index (κ2) is 5.05. The Morgan fingerprint density at radius 2 is 1.58 bits per heavy atom. The van der Waals surface area contributed by atoms with Crippen LogP contribution in [0.15, 0.2) is 42.6 Å². The van der Waals surface area contributed by atoms with Crippen molar-refractivity contribution in [1.29, 1.82) is 0 Å². The van der Waals surface area contributed by atoms with E-state index in [0.717, 1.165) is 12.1 Å². The van der Waals surface area contributed by atoms with Gasteiger partial charge in [0.15, 0.2) is 0 Å². The number of anilines is 1. The molecule has 0 spiro atoms. The van der Waals surface area contributed by atoms with Crippen LogP contribution < -0.4 is 15.2 Å². The molecule has 1 heterocycles. The first-order chi connectivity index (χ1) is 8.92. The summed E-state index contributed by atoms with van der Waals surface area (Å²) in [5.41, 5.74) is 5.94. The van der Waals surface area contributed by atoms with Crippen molar-refractivity contribution in [3.05, 3.63) is 42.6 Å². The van der Waals surface area contributed by atoms with Gasteiger partial charge in [-0.05, 0) is 30.3 Å². The van der Waals surface area contributed by atoms with Gasteiger partial charge >= 0.3 is 6.36 Å². The van der Waals surface area contributed by atoms with Crippen molar-refractivity contribution in [2.75, 3.05) is 5.73 Å². The lowest BCUT2D eigenvalue weighted by Crippen LogP contribution is -2.16. The first-order valence-electron chi connectivity index (χ1n) is 5.17. The number of nitrogens with zero attached hydrogens (tertiary/aromatic N) is 1. The van der Waals surface area contributed by atoms with Crippen molar-refractivity contribution >= 4 is 5.69 Å². The molecule has 0 radical (unpaired) electrons. The molecule has 2 rings (SSSR count). The van der Waals surface area contributed by atoms with Crippen LogP contribution in [-0.4, -0.2) is 11.3 Å². The van der Waals surface area contributed by atoms with Crippen molar-refractivity contribution in [2.45, 2.75) is 6.36 Å². The number of alkyl halides is 3. The van der Waals surface area contributed by atoms with Crippen molar-refractivity contribution in [2.24, 2.45) is 0 Å². The fourth-order valence-electron chi connectivity index (χ4n) is 1.28. The highest BCUT2D eigenvalue weighted by Crippen LogP contribution is 2.26. The van der Waals surface area contributed by atoms with Gasteiger partial charge in [0.05, 0.1) is 11.9 Å². The molecule has 1 aromatic heterocycles. The van der Waals surface area contributed by atoms with Crippen molar-refractivity contribution < 1.29 is 22.6 Å². The molecule has 2 N–H and O–H groups in total. The molecule has 19 heavy (non-hydrogen) atoms. The van der Waals surface area contributed by atoms with Crippen molar-refractivity contribution in [3.8, 4) is 17.4 Å². The molecule has 2 aromatic rings. The fraction of sp³-hybridized carbons (Fsp3) is 0.0833. The number of hydrogen-bond acceptors (Lipinski definition) is 4. The van der Waals surface area contributed by atoms with Gasteiger partial charge in [0, 0.05) is 6.07 Å². The highest BCUT2D eigenvalue weighted by atomic mass is 19.4. The maximum Gasteiger partial charge on any atom is 0.573 e. The summed E-state index contributed by atoms with van der Waals surface area (Å²) in [5, 5.41) is 0. The Kier molecular flexibility index (Phi) is 3.46. The second-order valence-electron chi connectivity index (χ2n) is 3.55. The van der Waals surface area contributed by atoms with E-state index in [4.69, 9.17) is 10.5 Å². The molecule has 0 aliphatic heterocycles. The number of nitrogens with two attached hydrogens (primary N) is 1. The molecule has 7 heteroatoms. The summed E-state index contributed by atoms with van der Waals surface area (Å²) >= 11 is 0. The minimum Gasteiger partial charge on any atom is -0.439 e. The lowest BCUT2D eigenvalue weighted by atomic mass is 10.3. The zero-order valence-corrected chi connectivity index (χ0v) is 9.52. The predicted molar refractivity (Wildman–Crippen MR) is 61.8 cm³/mol. The number of ether oxygens (including phenoxy) is 2. The molecule has 0 aliphatic carbocycles. The zero-order valence-electron chi connectivity index (χ0n) is 9.52. The Morgan fingerprint density at radius 3 is 2.11 bits per heavy atom. The molecule has 1 aromatic carbocycles. The summed E-state index contributed by atoms with van der Waals surface area (Å²) in [5.74, 6) is 0.315. The number of hydrogen-bond donors (Lipinski definition) is 1. The van der Waals surface area contributed by atoms with E-state index in [0.29, 0.717) is 17.3 Å². The van der Waals surface area contributed by atoms with Gasteiger partial charge in [-0.3, -0.25) is 0 Å². The summed E-state index contributed by atoms with van der Waals surface area (Å²) < 4.78 is 44.9. The molecule has 4 nitrogen and oxygen atoms in total. The zero-order chi connectivity index (χ0) is 13.9. The lowest BCUT2D eigenvalue weighted by molar-refractivity contribution is -0.274. The van der Waals surface area contributed by atoms with Crippen molar-refractivity contribution in [3.63, 3.8) is 0 Å². The van der Waals surface area contributed by atoms with Crippen LogP contribution in [0.1, 0.15) is 0 Å². The molecule has 0 bridgehead atoms. The molecule has 0 unspecified atom stereocenters. The van der Waals surface area contributed by atoms with Gasteiger partial charge in [0.1, 0.15) is 11.5 Å². The van der Waals surface area contributed by atoms with Crippen LogP contribution >= 0.6 is 0 Å². The summed E-state index contributed by atoms with van der Waals surface area (Å²) in [6, 6.07) is 8.15. The van der Waals surface area contributed by atoms with Crippen LogP contribution in [0, 0.1) is 0 Å². The Morgan fingerprint density at radius 1 is 0.947 bits per heavy atom. The predicted octanol–water partition coefficient (Wildman–Crippen LogP) is 3.35. The monoisotopic (exact) mass is 270 g/mol. The van der Waals surface area contributed by atoms with E-state index >= 15 is 0 Å². The fourth-order valence-corrected chi connectivity index (χ4v) is 1.28. The lowest BCUT2D eigenvalue weighted by Gasteiger charge is -2.09. The Bertz CT molecular complexity index is 538. The van der Waals surface area contributed by atoms with Gasteiger partial charge in [-0.15, -0.1) is 13.2 Å². The summed E-state index contributed by atoms with van der Waals surface area (Å²) in [6.07, 6.45) is -3.29. The molecule has 0 atom stereocenters. The molecular formula is C12H9F3N2O2. The number of halogens is 3. The Balaban J connectivity index is 2.04. The Hall–Kier alpha value is -2.44. The van der Waals surface area contributed by atoms with Crippen LogP contribution in [0.2, 0.25) is 0 Å². The number of aromatic nitrogens is 1.